The normalized spacial score (nSPS) is 19.3. The third-order valence-corrected chi connectivity index (χ3v) is 6.30. The molecule has 160 valence electrons. The van der Waals surface area contributed by atoms with Gasteiger partial charge in [0.05, 0.1) is 27.2 Å². The SMILES string of the molecule is CCCNC(=O)c1c(Cl)ccc(NC(=O)C2C(c3ccc(F)c(Cl)c3)C2(Cl)Cl)c1F. The van der Waals surface area contributed by atoms with Crippen molar-refractivity contribution in [3.63, 3.8) is 0 Å². The van der Waals surface area contributed by atoms with Crippen LogP contribution in [0.3, 0.4) is 0 Å². The molecule has 2 atom stereocenters. The van der Waals surface area contributed by atoms with E-state index in [9.17, 15) is 18.4 Å². The van der Waals surface area contributed by atoms with Crippen molar-refractivity contribution < 1.29 is 18.4 Å². The molecule has 2 aromatic carbocycles. The summed E-state index contributed by atoms with van der Waals surface area (Å²) in [5.41, 5.74) is -0.135. The fourth-order valence-corrected chi connectivity index (χ4v) is 4.42. The summed E-state index contributed by atoms with van der Waals surface area (Å²) in [4.78, 5) is 24.9. The average Bonchev–Trinajstić information content (AvgIpc) is 3.26. The van der Waals surface area contributed by atoms with Gasteiger partial charge in [-0.05, 0) is 36.2 Å². The number of benzene rings is 2. The van der Waals surface area contributed by atoms with Crippen molar-refractivity contribution in [1.29, 1.82) is 0 Å². The summed E-state index contributed by atoms with van der Waals surface area (Å²) >= 11 is 24.3. The van der Waals surface area contributed by atoms with E-state index in [1.807, 2.05) is 6.92 Å². The van der Waals surface area contributed by atoms with Gasteiger partial charge in [0.2, 0.25) is 5.91 Å². The Morgan fingerprint density at radius 1 is 1.10 bits per heavy atom. The van der Waals surface area contributed by atoms with Crippen molar-refractivity contribution in [1.82, 2.24) is 5.32 Å². The van der Waals surface area contributed by atoms with Crippen molar-refractivity contribution in [2.75, 3.05) is 11.9 Å². The maximum atomic E-state index is 14.9. The van der Waals surface area contributed by atoms with Crippen LogP contribution in [-0.4, -0.2) is 22.7 Å². The molecule has 1 aliphatic rings. The Morgan fingerprint density at radius 2 is 1.80 bits per heavy atom. The topological polar surface area (TPSA) is 58.2 Å². The largest absolute Gasteiger partial charge is 0.352 e. The number of hydrogen-bond donors (Lipinski definition) is 2. The Bertz CT molecular complexity index is 1020. The minimum Gasteiger partial charge on any atom is -0.352 e. The molecule has 1 fully saturated rings. The lowest BCUT2D eigenvalue weighted by Crippen LogP contribution is -2.26. The number of carbonyl (C=O) groups excluding carboxylic acids is 2. The van der Waals surface area contributed by atoms with Crippen LogP contribution in [0.15, 0.2) is 30.3 Å². The summed E-state index contributed by atoms with van der Waals surface area (Å²) in [6, 6.07) is 6.46. The van der Waals surface area contributed by atoms with E-state index in [0.717, 1.165) is 6.07 Å². The van der Waals surface area contributed by atoms with E-state index in [-0.39, 0.29) is 21.3 Å². The van der Waals surface area contributed by atoms with Crippen LogP contribution in [0.5, 0.6) is 0 Å². The van der Waals surface area contributed by atoms with Crippen LogP contribution in [0.25, 0.3) is 0 Å². The summed E-state index contributed by atoms with van der Waals surface area (Å²) in [5, 5.41) is 4.72. The second kappa shape index (κ2) is 8.87. The molecular formula is C20H16Cl4F2N2O2. The van der Waals surface area contributed by atoms with Gasteiger partial charge in [0.1, 0.15) is 10.2 Å². The van der Waals surface area contributed by atoms with E-state index >= 15 is 0 Å². The molecule has 0 saturated heterocycles. The van der Waals surface area contributed by atoms with Crippen LogP contribution in [-0.2, 0) is 4.79 Å². The molecule has 2 aromatic rings. The molecular weight excluding hydrogens is 480 g/mol. The van der Waals surface area contributed by atoms with E-state index < -0.39 is 39.6 Å². The molecule has 2 unspecified atom stereocenters. The van der Waals surface area contributed by atoms with Crippen LogP contribution in [0, 0.1) is 17.6 Å². The maximum Gasteiger partial charge on any atom is 0.255 e. The van der Waals surface area contributed by atoms with Crippen LogP contribution in [0.2, 0.25) is 10.0 Å². The molecule has 10 heteroatoms. The van der Waals surface area contributed by atoms with Gasteiger partial charge in [0, 0.05) is 12.5 Å². The van der Waals surface area contributed by atoms with Crippen molar-refractivity contribution in [2.24, 2.45) is 5.92 Å². The second-order valence-electron chi connectivity index (χ2n) is 6.83. The summed E-state index contributed by atoms with van der Waals surface area (Å²) < 4.78 is 26.8. The van der Waals surface area contributed by atoms with Gasteiger partial charge < -0.3 is 10.6 Å². The van der Waals surface area contributed by atoms with Gasteiger partial charge in [-0.3, -0.25) is 9.59 Å². The van der Waals surface area contributed by atoms with Crippen molar-refractivity contribution in [2.45, 2.75) is 23.6 Å². The summed E-state index contributed by atoms with van der Waals surface area (Å²) in [6.07, 6.45) is 0.658. The summed E-state index contributed by atoms with van der Waals surface area (Å²) in [7, 11) is 0. The molecule has 1 saturated carbocycles. The van der Waals surface area contributed by atoms with E-state index in [2.05, 4.69) is 10.6 Å². The van der Waals surface area contributed by atoms with Gasteiger partial charge in [-0.1, -0.05) is 36.2 Å². The van der Waals surface area contributed by atoms with Gasteiger partial charge >= 0.3 is 0 Å². The number of halogens is 6. The van der Waals surface area contributed by atoms with Gasteiger partial charge in [-0.2, -0.15) is 0 Å². The summed E-state index contributed by atoms with van der Waals surface area (Å²) in [6.45, 7) is 2.19. The fourth-order valence-electron chi connectivity index (χ4n) is 3.17. The minimum atomic E-state index is -1.48. The number of hydrogen-bond acceptors (Lipinski definition) is 2. The van der Waals surface area contributed by atoms with Gasteiger partial charge in [-0.15, -0.1) is 23.2 Å². The fraction of sp³-hybridized carbons (Fsp3) is 0.300. The first-order valence-corrected chi connectivity index (χ1v) is 10.5. The second-order valence-corrected chi connectivity index (χ2v) is 9.09. The summed E-state index contributed by atoms with van der Waals surface area (Å²) in [5.74, 6) is -4.54. The van der Waals surface area contributed by atoms with Crippen molar-refractivity contribution >= 4 is 63.9 Å². The lowest BCUT2D eigenvalue weighted by molar-refractivity contribution is -0.117. The molecule has 0 bridgehead atoms. The number of rotatable bonds is 6. The number of anilines is 1. The zero-order chi connectivity index (χ0) is 22.2. The highest BCUT2D eigenvalue weighted by molar-refractivity contribution is 6.53. The molecule has 1 aliphatic carbocycles. The first kappa shape index (κ1) is 23.1. The van der Waals surface area contributed by atoms with E-state index in [1.54, 1.807) is 0 Å². The highest BCUT2D eigenvalue weighted by Gasteiger charge is 2.67. The Balaban J connectivity index is 1.82. The zero-order valence-corrected chi connectivity index (χ0v) is 18.6. The predicted molar refractivity (Wildman–Crippen MR) is 115 cm³/mol. The van der Waals surface area contributed by atoms with Crippen LogP contribution in [0.1, 0.15) is 35.2 Å². The number of nitrogens with one attached hydrogen (secondary N) is 2. The Morgan fingerprint density at radius 3 is 2.43 bits per heavy atom. The first-order chi connectivity index (χ1) is 14.1. The third-order valence-electron chi connectivity index (χ3n) is 4.75. The van der Waals surface area contributed by atoms with Crippen molar-refractivity contribution in [3.8, 4) is 0 Å². The van der Waals surface area contributed by atoms with Gasteiger partial charge in [0.25, 0.3) is 5.91 Å². The van der Waals surface area contributed by atoms with Crippen LogP contribution < -0.4 is 10.6 Å². The molecule has 4 nitrogen and oxygen atoms in total. The average molecular weight is 496 g/mol. The zero-order valence-electron chi connectivity index (χ0n) is 15.5. The van der Waals surface area contributed by atoms with Crippen LogP contribution >= 0.6 is 46.4 Å². The number of alkyl halides is 2. The standard InChI is InChI=1S/C20H16Cl4F2N2O2/c1-2-7-27-18(29)14-10(21)4-6-13(17(14)26)28-19(30)16-15(20(16,23)24)9-3-5-12(25)11(22)8-9/h3-6,8,15-16H,2,7H2,1H3,(H,27,29)(H,28,30). The molecule has 2 N–H and O–H groups in total. The smallest absolute Gasteiger partial charge is 0.255 e. The Labute approximate surface area is 191 Å². The van der Waals surface area contributed by atoms with E-state index in [0.29, 0.717) is 18.5 Å². The highest BCUT2D eigenvalue weighted by atomic mass is 35.5. The first-order valence-electron chi connectivity index (χ1n) is 8.99. The van der Waals surface area contributed by atoms with Gasteiger partial charge in [0.15, 0.2) is 5.82 Å². The Hall–Kier alpha value is -1.60. The number of amides is 2. The highest BCUT2D eigenvalue weighted by Crippen LogP contribution is 2.65. The monoisotopic (exact) mass is 494 g/mol. The molecule has 30 heavy (non-hydrogen) atoms. The lowest BCUT2D eigenvalue weighted by Gasteiger charge is -2.12. The predicted octanol–water partition coefficient (Wildman–Crippen LogP) is 5.94. The molecule has 0 aromatic heterocycles. The molecule has 0 spiro atoms. The van der Waals surface area contributed by atoms with Crippen LogP contribution in [0.4, 0.5) is 14.5 Å². The molecule has 3 rings (SSSR count). The molecule has 0 aliphatic heterocycles. The Kier molecular flexibility index (Phi) is 6.82. The maximum absolute atomic E-state index is 14.9. The van der Waals surface area contributed by atoms with E-state index in [4.69, 9.17) is 46.4 Å². The molecule has 0 heterocycles. The minimum absolute atomic E-state index is 0.0895. The number of carbonyl (C=O) groups is 2. The third kappa shape index (κ3) is 4.37. The quantitative estimate of drug-likeness (QED) is 0.487. The molecule has 2 amide bonds. The molecule has 0 radical (unpaired) electrons. The van der Waals surface area contributed by atoms with Crippen molar-refractivity contribution in [3.05, 3.63) is 63.1 Å². The van der Waals surface area contributed by atoms with E-state index in [1.165, 1.54) is 24.3 Å². The lowest BCUT2D eigenvalue weighted by atomic mass is 10.1. The van der Waals surface area contributed by atoms with Gasteiger partial charge in [-0.25, -0.2) is 8.78 Å².